The van der Waals surface area contributed by atoms with E-state index in [1.165, 1.54) is 11.8 Å². The van der Waals surface area contributed by atoms with Crippen LogP contribution in [0, 0.1) is 4.91 Å². The van der Waals surface area contributed by atoms with Crippen LogP contribution in [0.1, 0.15) is 16.8 Å². The monoisotopic (exact) mass is 238 g/mol. The molecule has 0 fully saturated rings. The summed E-state index contributed by atoms with van der Waals surface area (Å²) in [5.41, 5.74) is 3.35. The van der Waals surface area contributed by atoms with Gasteiger partial charge in [-0.2, -0.15) is 0 Å². The van der Waals surface area contributed by atoms with E-state index in [0.29, 0.717) is 0 Å². The average Bonchev–Trinajstić information content (AvgIpc) is 2.45. The van der Waals surface area contributed by atoms with Crippen LogP contribution in [-0.4, -0.2) is 4.98 Å². The summed E-state index contributed by atoms with van der Waals surface area (Å²) in [7, 11) is 0. The highest BCUT2D eigenvalue weighted by Crippen LogP contribution is 2.09. The van der Waals surface area contributed by atoms with Gasteiger partial charge in [0.25, 0.3) is 0 Å². The van der Waals surface area contributed by atoms with Crippen molar-refractivity contribution in [3.8, 4) is 0 Å². The SMILES string of the molecule is O=N/C=C/c1ccc(CCc2ccccn2)cc1. The highest BCUT2D eigenvalue weighted by atomic mass is 16.2. The summed E-state index contributed by atoms with van der Waals surface area (Å²) in [6.07, 6.45) is 6.66. The number of aromatic nitrogens is 1. The van der Waals surface area contributed by atoms with Gasteiger partial charge < -0.3 is 0 Å². The van der Waals surface area contributed by atoms with E-state index in [1.807, 2.05) is 36.5 Å². The van der Waals surface area contributed by atoms with Crippen LogP contribution in [0.25, 0.3) is 6.08 Å². The topological polar surface area (TPSA) is 42.3 Å². The first-order valence-corrected chi connectivity index (χ1v) is 5.86. The Morgan fingerprint density at radius 3 is 2.56 bits per heavy atom. The lowest BCUT2D eigenvalue weighted by molar-refractivity contribution is 0.913. The first-order valence-electron chi connectivity index (χ1n) is 5.86. The predicted octanol–water partition coefficient (Wildman–Crippen LogP) is 3.60. The molecule has 1 aromatic heterocycles. The second kappa shape index (κ2) is 6.45. The van der Waals surface area contributed by atoms with Crippen molar-refractivity contribution in [1.29, 1.82) is 0 Å². The van der Waals surface area contributed by atoms with Gasteiger partial charge in [0.15, 0.2) is 0 Å². The Hall–Kier alpha value is -2.29. The van der Waals surface area contributed by atoms with Gasteiger partial charge in [-0.1, -0.05) is 30.3 Å². The highest BCUT2D eigenvalue weighted by molar-refractivity contribution is 5.49. The smallest absolute Gasteiger partial charge is 0.0720 e. The summed E-state index contributed by atoms with van der Waals surface area (Å²) in [5, 5.41) is 2.69. The molecule has 0 N–H and O–H groups in total. The molecule has 0 radical (unpaired) electrons. The van der Waals surface area contributed by atoms with E-state index in [1.54, 1.807) is 6.08 Å². The Labute approximate surface area is 106 Å². The Kier molecular flexibility index (Phi) is 4.36. The average molecular weight is 238 g/mol. The summed E-state index contributed by atoms with van der Waals surface area (Å²) < 4.78 is 0. The molecular formula is C15H14N2O. The third-order valence-electron chi connectivity index (χ3n) is 2.70. The van der Waals surface area contributed by atoms with Crippen LogP contribution in [0.3, 0.4) is 0 Å². The van der Waals surface area contributed by atoms with Crippen molar-refractivity contribution in [3.63, 3.8) is 0 Å². The molecule has 0 atom stereocenters. The molecule has 1 heterocycles. The summed E-state index contributed by atoms with van der Waals surface area (Å²) >= 11 is 0. The Morgan fingerprint density at radius 1 is 1.06 bits per heavy atom. The molecule has 0 spiro atoms. The molecule has 0 saturated carbocycles. The molecule has 2 rings (SSSR count). The van der Waals surface area contributed by atoms with Crippen molar-refractivity contribution in [2.45, 2.75) is 12.8 Å². The molecule has 0 aliphatic rings. The predicted molar refractivity (Wildman–Crippen MR) is 72.9 cm³/mol. The maximum atomic E-state index is 9.96. The van der Waals surface area contributed by atoms with Crippen LogP contribution in [0.15, 0.2) is 60.0 Å². The lowest BCUT2D eigenvalue weighted by Crippen LogP contribution is -1.93. The van der Waals surface area contributed by atoms with Crippen LogP contribution in [0.2, 0.25) is 0 Å². The normalized spacial score (nSPS) is 10.7. The van der Waals surface area contributed by atoms with E-state index in [0.717, 1.165) is 24.1 Å². The summed E-state index contributed by atoms with van der Waals surface area (Å²) in [4.78, 5) is 14.3. The van der Waals surface area contributed by atoms with Crippen molar-refractivity contribution in [2.75, 3.05) is 0 Å². The van der Waals surface area contributed by atoms with Gasteiger partial charge >= 0.3 is 0 Å². The number of aryl methyl sites for hydroxylation is 2. The zero-order chi connectivity index (χ0) is 12.6. The van der Waals surface area contributed by atoms with Gasteiger partial charge in [0.1, 0.15) is 0 Å². The van der Waals surface area contributed by atoms with Crippen LogP contribution < -0.4 is 0 Å². The van der Waals surface area contributed by atoms with Crippen molar-refractivity contribution in [3.05, 3.63) is 76.6 Å². The van der Waals surface area contributed by atoms with Crippen LogP contribution in [-0.2, 0) is 12.8 Å². The van der Waals surface area contributed by atoms with Gasteiger partial charge in [-0.25, -0.2) is 0 Å². The largest absolute Gasteiger partial charge is 0.261 e. The van der Waals surface area contributed by atoms with Crippen molar-refractivity contribution in [1.82, 2.24) is 4.98 Å². The van der Waals surface area contributed by atoms with E-state index in [2.05, 4.69) is 22.3 Å². The summed E-state index contributed by atoms with van der Waals surface area (Å²) in [5.74, 6) is 0. The van der Waals surface area contributed by atoms with E-state index >= 15 is 0 Å². The fourth-order valence-corrected chi connectivity index (χ4v) is 1.73. The molecule has 0 amide bonds. The molecule has 3 heteroatoms. The Balaban J connectivity index is 1.94. The number of hydrogen-bond donors (Lipinski definition) is 0. The molecule has 1 aromatic carbocycles. The number of pyridine rings is 1. The number of benzene rings is 1. The van der Waals surface area contributed by atoms with Crippen LogP contribution in [0.5, 0.6) is 0 Å². The lowest BCUT2D eigenvalue weighted by Gasteiger charge is -2.02. The minimum absolute atomic E-state index is 0.936. The maximum Gasteiger partial charge on any atom is 0.0720 e. The Bertz CT molecular complexity index is 518. The first kappa shape index (κ1) is 12.2. The Morgan fingerprint density at radius 2 is 1.89 bits per heavy atom. The highest BCUT2D eigenvalue weighted by Gasteiger charge is 1.96. The van der Waals surface area contributed by atoms with Gasteiger partial charge in [-0.05, 0) is 47.4 Å². The standard InChI is InChI=1S/C15H14N2O/c18-17-12-10-14-6-4-13(5-7-14)8-9-15-3-1-2-11-16-15/h1-7,10-12H,8-9H2/b12-10+. The molecule has 2 aromatic rings. The molecular weight excluding hydrogens is 224 g/mol. The minimum atomic E-state index is 0.936. The van der Waals surface area contributed by atoms with Crippen LogP contribution >= 0.6 is 0 Å². The first-order chi connectivity index (χ1) is 8.88. The van der Waals surface area contributed by atoms with E-state index < -0.39 is 0 Å². The van der Waals surface area contributed by atoms with Crippen molar-refractivity contribution < 1.29 is 0 Å². The van der Waals surface area contributed by atoms with Gasteiger partial charge in [0, 0.05) is 11.9 Å². The van der Waals surface area contributed by atoms with Gasteiger partial charge in [-0.15, -0.1) is 4.91 Å². The fourth-order valence-electron chi connectivity index (χ4n) is 1.73. The van der Waals surface area contributed by atoms with E-state index in [9.17, 15) is 4.91 Å². The molecule has 0 aliphatic carbocycles. The molecule has 3 nitrogen and oxygen atoms in total. The number of nitrogens with zero attached hydrogens (tertiary/aromatic N) is 2. The molecule has 0 aliphatic heterocycles. The fraction of sp³-hybridized carbons (Fsp3) is 0.133. The molecule has 18 heavy (non-hydrogen) atoms. The number of rotatable bonds is 5. The van der Waals surface area contributed by atoms with Crippen LogP contribution in [0.4, 0.5) is 0 Å². The third-order valence-corrected chi connectivity index (χ3v) is 2.70. The minimum Gasteiger partial charge on any atom is -0.261 e. The quantitative estimate of drug-likeness (QED) is 0.747. The third kappa shape index (κ3) is 3.63. The van der Waals surface area contributed by atoms with Gasteiger partial charge in [0.05, 0.1) is 6.20 Å². The van der Waals surface area contributed by atoms with Crippen molar-refractivity contribution in [2.24, 2.45) is 5.18 Å². The maximum absolute atomic E-state index is 9.96. The summed E-state index contributed by atoms with van der Waals surface area (Å²) in [6.45, 7) is 0. The molecule has 0 saturated heterocycles. The van der Waals surface area contributed by atoms with Gasteiger partial charge in [0.2, 0.25) is 0 Å². The molecule has 0 bridgehead atoms. The second-order valence-electron chi connectivity index (χ2n) is 3.98. The number of hydrogen-bond acceptors (Lipinski definition) is 3. The van der Waals surface area contributed by atoms with Gasteiger partial charge in [-0.3, -0.25) is 4.98 Å². The lowest BCUT2D eigenvalue weighted by atomic mass is 10.1. The zero-order valence-electron chi connectivity index (χ0n) is 9.99. The number of nitroso groups, excluding NO2 is 1. The second-order valence-corrected chi connectivity index (χ2v) is 3.98. The van der Waals surface area contributed by atoms with Crippen molar-refractivity contribution >= 4 is 6.08 Å². The molecule has 0 unspecified atom stereocenters. The van der Waals surface area contributed by atoms with E-state index in [-0.39, 0.29) is 0 Å². The zero-order valence-corrected chi connectivity index (χ0v) is 9.99. The summed E-state index contributed by atoms with van der Waals surface area (Å²) in [6, 6.07) is 14.0. The van der Waals surface area contributed by atoms with E-state index in [4.69, 9.17) is 0 Å². The molecule has 90 valence electrons.